The molecule has 0 aliphatic rings. The molecule has 4 nitrogen and oxygen atoms in total. The van der Waals surface area contributed by atoms with Crippen molar-refractivity contribution in [3.63, 3.8) is 0 Å². The summed E-state index contributed by atoms with van der Waals surface area (Å²) >= 11 is 0. The first kappa shape index (κ1) is 22.5. The van der Waals surface area contributed by atoms with Gasteiger partial charge in [-0.2, -0.15) is 0 Å². The quantitative estimate of drug-likeness (QED) is 0.253. The molecule has 154 valence electrons. The third-order valence-corrected chi connectivity index (χ3v) is 6.10. The van der Waals surface area contributed by atoms with Gasteiger partial charge in [0, 0.05) is 6.54 Å². The average Bonchev–Trinajstić information content (AvgIpc) is 2.68. The maximum absolute atomic E-state index is 14.4. The highest BCUT2D eigenvalue weighted by molar-refractivity contribution is 7.54. The minimum atomic E-state index is -4.34. The van der Waals surface area contributed by atoms with Crippen molar-refractivity contribution in [1.82, 2.24) is 5.32 Å². The van der Waals surface area contributed by atoms with Gasteiger partial charge in [0.25, 0.3) is 0 Å². The van der Waals surface area contributed by atoms with E-state index in [-0.39, 0.29) is 19.8 Å². The maximum Gasteiger partial charge on any atom is 0.352 e. The molecule has 0 radical (unpaired) electrons. The summed E-state index contributed by atoms with van der Waals surface area (Å²) in [7, 11) is -4.34. The second-order valence-corrected chi connectivity index (χ2v) is 7.74. The van der Waals surface area contributed by atoms with E-state index in [1.165, 1.54) is 13.8 Å². The van der Waals surface area contributed by atoms with E-state index in [9.17, 15) is 26.5 Å². The zero-order chi connectivity index (χ0) is 20.9. The molecular weight excluding hydrogens is 404 g/mol. The summed E-state index contributed by atoms with van der Waals surface area (Å²) in [5, 5.41) is 2.57. The van der Waals surface area contributed by atoms with E-state index in [1.807, 2.05) is 0 Å². The van der Waals surface area contributed by atoms with Crippen LogP contribution in [0.2, 0.25) is 0 Å². The lowest BCUT2D eigenvalue weighted by Gasteiger charge is -2.28. The molecule has 2 aromatic carbocycles. The fraction of sp³-hybridized carbons (Fsp3) is 0.333. The van der Waals surface area contributed by atoms with Crippen LogP contribution in [0.25, 0.3) is 0 Å². The van der Waals surface area contributed by atoms with E-state index in [4.69, 9.17) is 9.05 Å². The molecule has 2 rings (SSSR count). The first-order valence-electron chi connectivity index (χ1n) is 8.44. The molecule has 0 amide bonds. The Balaban J connectivity index is 2.60. The van der Waals surface area contributed by atoms with Crippen molar-refractivity contribution in [2.75, 3.05) is 13.2 Å². The highest BCUT2D eigenvalue weighted by Gasteiger charge is 2.42. The molecular formula is C18H19F5NO3P. The number of hydrogen-bond acceptors (Lipinski definition) is 4. The number of nitrogens with one attached hydrogen (secondary N) is 1. The Hall–Kier alpha value is -1.80. The first-order valence-corrected chi connectivity index (χ1v) is 10.0. The summed E-state index contributed by atoms with van der Waals surface area (Å²) in [4.78, 5) is 0. The van der Waals surface area contributed by atoms with Crippen LogP contribution in [0.3, 0.4) is 0 Å². The molecule has 1 atom stereocenters. The van der Waals surface area contributed by atoms with Crippen molar-refractivity contribution in [1.29, 1.82) is 0 Å². The Morgan fingerprint density at radius 1 is 0.857 bits per heavy atom. The minimum absolute atomic E-state index is 0.0882. The van der Waals surface area contributed by atoms with Crippen LogP contribution >= 0.6 is 7.60 Å². The third-order valence-electron chi connectivity index (χ3n) is 3.79. The minimum Gasteiger partial charge on any atom is -0.308 e. The number of hydrogen-bond donors (Lipinski definition) is 1. The van der Waals surface area contributed by atoms with E-state index in [2.05, 4.69) is 5.32 Å². The van der Waals surface area contributed by atoms with Crippen LogP contribution in [0.1, 0.15) is 30.8 Å². The van der Waals surface area contributed by atoms with Crippen molar-refractivity contribution in [3.8, 4) is 0 Å². The predicted molar refractivity (Wildman–Crippen MR) is 93.1 cm³/mol. The second-order valence-electron chi connectivity index (χ2n) is 5.63. The summed E-state index contributed by atoms with van der Waals surface area (Å²) in [6.07, 6.45) is 0. The lowest BCUT2D eigenvalue weighted by Crippen LogP contribution is -2.26. The van der Waals surface area contributed by atoms with Crippen molar-refractivity contribution in [2.24, 2.45) is 0 Å². The van der Waals surface area contributed by atoms with Crippen LogP contribution in [0.4, 0.5) is 22.0 Å². The summed E-state index contributed by atoms with van der Waals surface area (Å²) in [6.45, 7) is 2.48. The van der Waals surface area contributed by atoms with Crippen molar-refractivity contribution in [2.45, 2.75) is 26.2 Å². The topological polar surface area (TPSA) is 47.6 Å². The van der Waals surface area contributed by atoms with E-state index < -0.39 is 48.0 Å². The number of benzene rings is 2. The van der Waals surface area contributed by atoms with Crippen LogP contribution in [0.15, 0.2) is 30.3 Å². The first-order chi connectivity index (χ1) is 13.3. The van der Waals surface area contributed by atoms with Gasteiger partial charge in [-0.3, -0.25) is 9.88 Å². The largest absolute Gasteiger partial charge is 0.352 e. The maximum atomic E-state index is 14.4. The molecule has 0 bridgehead atoms. The Labute approximate surface area is 159 Å². The average molecular weight is 423 g/mol. The molecule has 28 heavy (non-hydrogen) atoms. The Morgan fingerprint density at radius 3 is 1.79 bits per heavy atom. The summed E-state index contributed by atoms with van der Waals surface area (Å²) in [5.74, 6) is -12.7. The molecule has 1 N–H and O–H groups in total. The van der Waals surface area contributed by atoms with Crippen LogP contribution in [-0.2, 0) is 20.2 Å². The molecule has 0 saturated carbocycles. The van der Waals surface area contributed by atoms with E-state index in [0.29, 0.717) is 5.56 Å². The fourth-order valence-electron chi connectivity index (χ4n) is 2.59. The molecule has 0 aliphatic heterocycles. The molecule has 0 fully saturated rings. The van der Waals surface area contributed by atoms with Crippen LogP contribution in [0, 0.1) is 29.1 Å². The van der Waals surface area contributed by atoms with Crippen LogP contribution < -0.4 is 5.32 Å². The third kappa shape index (κ3) is 4.60. The van der Waals surface area contributed by atoms with Crippen molar-refractivity contribution in [3.05, 3.63) is 70.5 Å². The molecule has 10 heteroatoms. The molecule has 0 spiro atoms. The Morgan fingerprint density at radius 2 is 1.32 bits per heavy atom. The lowest BCUT2D eigenvalue weighted by molar-refractivity contribution is 0.205. The van der Waals surface area contributed by atoms with Gasteiger partial charge < -0.3 is 9.05 Å². The van der Waals surface area contributed by atoms with E-state index in [1.54, 1.807) is 30.3 Å². The standard InChI is InChI=1S/C18H19F5NO3P/c1-3-26-28(25,27-4-2)18(24-10-11-8-6-5-7-9-11)12-13(19)15(21)17(23)16(22)14(12)20/h5-9,18,24H,3-4,10H2,1-2H3. The smallest absolute Gasteiger partial charge is 0.308 e. The zero-order valence-corrected chi connectivity index (χ0v) is 16.0. The van der Waals surface area contributed by atoms with Gasteiger partial charge >= 0.3 is 7.60 Å². The van der Waals surface area contributed by atoms with E-state index >= 15 is 0 Å². The lowest BCUT2D eigenvalue weighted by atomic mass is 10.1. The highest BCUT2D eigenvalue weighted by atomic mass is 31.2. The monoisotopic (exact) mass is 423 g/mol. The molecule has 0 aromatic heterocycles. The van der Waals surface area contributed by atoms with Crippen LogP contribution in [-0.4, -0.2) is 13.2 Å². The van der Waals surface area contributed by atoms with E-state index in [0.717, 1.165) is 0 Å². The number of rotatable bonds is 9. The summed E-state index contributed by atoms with van der Waals surface area (Å²) in [5.41, 5.74) is -0.673. The molecule has 2 aromatic rings. The van der Waals surface area contributed by atoms with Gasteiger partial charge in [-0.25, -0.2) is 22.0 Å². The van der Waals surface area contributed by atoms with Gasteiger partial charge in [-0.05, 0) is 19.4 Å². The molecule has 0 saturated heterocycles. The molecule has 1 unspecified atom stereocenters. The number of halogens is 5. The predicted octanol–water partition coefficient (Wildman–Crippen LogP) is 5.44. The van der Waals surface area contributed by atoms with Crippen LogP contribution in [0.5, 0.6) is 0 Å². The SMILES string of the molecule is CCOP(=O)(OCC)C(NCc1ccccc1)c1c(F)c(F)c(F)c(F)c1F. The van der Waals surface area contributed by atoms with Gasteiger partial charge in [0.05, 0.1) is 18.8 Å². The zero-order valence-electron chi connectivity index (χ0n) is 15.1. The summed E-state index contributed by atoms with van der Waals surface area (Å²) in [6, 6.07) is 8.43. The van der Waals surface area contributed by atoms with Gasteiger partial charge in [-0.15, -0.1) is 0 Å². The normalized spacial score (nSPS) is 13.0. The summed E-state index contributed by atoms with van der Waals surface area (Å²) < 4.78 is 93.0. The highest BCUT2D eigenvalue weighted by Crippen LogP contribution is 2.60. The van der Waals surface area contributed by atoms with Gasteiger partial charge in [0.15, 0.2) is 23.3 Å². The fourth-order valence-corrected chi connectivity index (χ4v) is 4.54. The second kappa shape index (κ2) is 9.60. The Bertz CT molecular complexity index is 827. The Kier molecular flexibility index (Phi) is 7.71. The van der Waals surface area contributed by atoms with Gasteiger partial charge in [0.2, 0.25) is 5.82 Å². The van der Waals surface area contributed by atoms with Crippen molar-refractivity contribution < 1.29 is 35.6 Å². The molecule has 0 aliphatic carbocycles. The van der Waals surface area contributed by atoms with Gasteiger partial charge in [0.1, 0.15) is 5.78 Å². The van der Waals surface area contributed by atoms with Crippen molar-refractivity contribution >= 4 is 7.60 Å². The van der Waals surface area contributed by atoms with Gasteiger partial charge in [-0.1, -0.05) is 30.3 Å². The molecule has 0 heterocycles.